The number of nitriles is 1. The summed E-state index contributed by atoms with van der Waals surface area (Å²) < 4.78 is 5.51. The van der Waals surface area contributed by atoms with Crippen LogP contribution < -0.4 is 10.5 Å². The van der Waals surface area contributed by atoms with E-state index in [9.17, 15) is 0 Å². The Morgan fingerprint density at radius 1 is 1.28 bits per heavy atom. The van der Waals surface area contributed by atoms with E-state index in [1.54, 1.807) is 30.3 Å². The van der Waals surface area contributed by atoms with Crippen molar-refractivity contribution in [3.8, 4) is 11.8 Å². The maximum absolute atomic E-state index is 8.67. The molecule has 5 nitrogen and oxygen atoms in total. The van der Waals surface area contributed by atoms with Gasteiger partial charge in [-0.2, -0.15) is 5.26 Å². The maximum Gasteiger partial charge on any atom is 0.168 e. The smallest absolute Gasteiger partial charge is 0.168 e. The van der Waals surface area contributed by atoms with Gasteiger partial charge >= 0.3 is 0 Å². The highest BCUT2D eigenvalue weighted by molar-refractivity contribution is 5.34. The van der Waals surface area contributed by atoms with Crippen molar-refractivity contribution in [1.82, 2.24) is 9.97 Å². The van der Waals surface area contributed by atoms with Crippen LogP contribution in [0.2, 0.25) is 0 Å². The number of ether oxygens (including phenoxy) is 1. The SMILES string of the molecule is Cc1cc(N)nc(COc2ccc(C#N)cc2)n1. The van der Waals surface area contributed by atoms with Gasteiger partial charge < -0.3 is 10.5 Å². The first kappa shape index (κ1) is 11.9. The highest BCUT2D eigenvalue weighted by atomic mass is 16.5. The van der Waals surface area contributed by atoms with Crippen molar-refractivity contribution in [1.29, 1.82) is 5.26 Å². The van der Waals surface area contributed by atoms with Crippen LogP contribution in [0.3, 0.4) is 0 Å². The number of anilines is 1. The molecular formula is C13H12N4O. The van der Waals surface area contributed by atoms with Crippen LogP contribution in [0.15, 0.2) is 30.3 Å². The number of nitrogens with two attached hydrogens (primary N) is 1. The first-order valence-corrected chi connectivity index (χ1v) is 5.40. The zero-order valence-corrected chi connectivity index (χ0v) is 9.92. The average molecular weight is 240 g/mol. The Morgan fingerprint density at radius 3 is 2.61 bits per heavy atom. The number of benzene rings is 1. The summed E-state index contributed by atoms with van der Waals surface area (Å²) in [7, 11) is 0. The van der Waals surface area contributed by atoms with Gasteiger partial charge in [0.25, 0.3) is 0 Å². The van der Waals surface area contributed by atoms with Crippen LogP contribution in [-0.4, -0.2) is 9.97 Å². The van der Waals surface area contributed by atoms with Crippen LogP contribution in [0.1, 0.15) is 17.1 Å². The summed E-state index contributed by atoms with van der Waals surface area (Å²) in [6.07, 6.45) is 0. The molecule has 2 aromatic rings. The Balaban J connectivity index is 2.04. The monoisotopic (exact) mass is 240 g/mol. The van der Waals surface area contributed by atoms with Gasteiger partial charge in [-0.25, -0.2) is 9.97 Å². The minimum atomic E-state index is 0.248. The van der Waals surface area contributed by atoms with Crippen molar-refractivity contribution in [2.24, 2.45) is 0 Å². The molecule has 0 saturated heterocycles. The lowest BCUT2D eigenvalue weighted by Gasteiger charge is -2.06. The lowest BCUT2D eigenvalue weighted by molar-refractivity contribution is 0.295. The van der Waals surface area contributed by atoms with Gasteiger partial charge in [-0.05, 0) is 31.2 Å². The second-order valence-corrected chi connectivity index (χ2v) is 3.78. The van der Waals surface area contributed by atoms with Gasteiger partial charge in [0.15, 0.2) is 5.82 Å². The quantitative estimate of drug-likeness (QED) is 0.884. The summed E-state index contributed by atoms with van der Waals surface area (Å²) in [6.45, 7) is 2.10. The van der Waals surface area contributed by atoms with Gasteiger partial charge in [0.1, 0.15) is 18.2 Å². The van der Waals surface area contributed by atoms with Gasteiger partial charge in [0.05, 0.1) is 11.6 Å². The molecule has 18 heavy (non-hydrogen) atoms. The molecule has 1 aromatic carbocycles. The van der Waals surface area contributed by atoms with Gasteiger partial charge in [0.2, 0.25) is 0 Å². The summed E-state index contributed by atoms with van der Waals surface area (Å²) in [5.74, 6) is 1.63. The Bertz CT molecular complexity index is 567. The van der Waals surface area contributed by atoms with Gasteiger partial charge in [0, 0.05) is 11.8 Å². The minimum absolute atomic E-state index is 0.248. The van der Waals surface area contributed by atoms with E-state index < -0.39 is 0 Å². The molecule has 0 aliphatic carbocycles. The standard InChI is InChI=1S/C13H12N4O/c1-9-6-12(15)17-13(16-9)8-18-11-4-2-10(7-14)3-5-11/h2-6H,8H2,1H3,(H2,15,16,17). The van der Waals surface area contributed by atoms with Crippen LogP contribution >= 0.6 is 0 Å². The van der Waals surface area contributed by atoms with Crippen molar-refractivity contribution >= 4 is 5.82 Å². The third kappa shape index (κ3) is 2.95. The molecule has 2 N–H and O–H groups in total. The number of hydrogen-bond acceptors (Lipinski definition) is 5. The predicted molar refractivity (Wildman–Crippen MR) is 66.7 cm³/mol. The lowest BCUT2D eigenvalue weighted by atomic mass is 10.2. The molecule has 0 bridgehead atoms. The third-order valence-electron chi connectivity index (χ3n) is 2.27. The molecule has 1 aromatic heterocycles. The molecule has 0 fully saturated rings. The Labute approximate surface area is 105 Å². The molecule has 0 saturated carbocycles. The molecule has 90 valence electrons. The van der Waals surface area contributed by atoms with E-state index in [1.165, 1.54) is 0 Å². The molecular weight excluding hydrogens is 228 g/mol. The zero-order valence-electron chi connectivity index (χ0n) is 9.92. The molecule has 0 aliphatic rings. The molecule has 0 aliphatic heterocycles. The molecule has 0 atom stereocenters. The number of hydrogen-bond donors (Lipinski definition) is 1. The zero-order chi connectivity index (χ0) is 13.0. The van der Waals surface area contributed by atoms with E-state index in [0.717, 1.165) is 5.69 Å². The highest BCUT2D eigenvalue weighted by Crippen LogP contribution is 2.13. The fraction of sp³-hybridized carbons (Fsp3) is 0.154. The van der Waals surface area contributed by atoms with Crippen LogP contribution in [0.5, 0.6) is 5.75 Å². The molecule has 0 radical (unpaired) electrons. The number of aryl methyl sites for hydroxylation is 1. The number of rotatable bonds is 3. The number of aromatic nitrogens is 2. The number of nitrogen functional groups attached to an aromatic ring is 1. The van der Waals surface area contributed by atoms with Crippen molar-refractivity contribution < 1.29 is 4.74 Å². The Kier molecular flexibility index (Phi) is 3.39. The third-order valence-corrected chi connectivity index (χ3v) is 2.27. The molecule has 0 amide bonds. The van der Waals surface area contributed by atoms with Crippen molar-refractivity contribution in [2.45, 2.75) is 13.5 Å². The van der Waals surface area contributed by atoms with E-state index in [1.807, 2.05) is 13.0 Å². The first-order chi connectivity index (χ1) is 8.67. The molecule has 5 heteroatoms. The fourth-order valence-corrected chi connectivity index (χ4v) is 1.49. The molecule has 2 rings (SSSR count). The van der Waals surface area contributed by atoms with Crippen LogP contribution in [0.4, 0.5) is 5.82 Å². The van der Waals surface area contributed by atoms with Crippen molar-refractivity contribution in [3.05, 3.63) is 47.4 Å². The van der Waals surface area contributed by atoms with Gasteiger partial charge in [-0.1, -0.05) is 0 Å². The van der Waals surface area contributed by atoms with Crippen molar-refractivity contribution in [3.63, 3.8) is 0 Å². The summed E-state index contributed by atoms with van der Waals surface area (Å²) >= 11 is 0. The summed E-state index contributed by atoms with van der Waals surface area (Å²) in [6, 6.07) is 10.6. The second-order valence-electron chi connectivity index (χ2n) is 3.78. The molecule has 1 heterocycles. The average Bonchev–Trinajstić information content (AvgIpc) is 2.36. The first-order valence-electron chi connectivity index (χ1n) is 5.40. The largest absolute Gasteiger partial charge is 0.486 e. The highest BCUT2D eigenvalue weighted by Gasteiger charge is 2.01. The summed E-state index contributed by atoms with van der Waals surface area (Å²) in [4.78, 5) is 8.29. The number of nitrogens with zero attached hydrogens (tertiary/aromatic N) is 3. The second kappa shape index (κ2) is 5.15. The molecule has 0 unspecified atom stereocenters. The Hall–Kier alpha value is -2.61. The minimum Gasteiger partial charge on any atom is -0.486 e. The normalized spacial score (nSPS) is 9.78. The molecule has 0 spiro atoms. The van der Waals surface area contributed by atoms with Crippen LogP contribution in [0, 0.1) is 18.3 Å². The maximum atomic E-state index is 8.67. The van der Waals surface area contributed by atoms with Crippen LogP contribution in [0.25, 0.3) is 0 Å². The summed E-state index contributed by atoms with van der Waals surface area (Å²) in [5.41, 5.74) is 7.03. The Morgan fingerprint density at radius 2 is 2.00 bits per heavy atom. The van der Waals surface area contributed by atoms with E-state index in [-0.39, 0.29) is 6.61 Å². The predicted octanol–water partition coefficient (Wildman–Crippen LogP) is 1.82. The lowest BCUT2D eigenvalue weighted by Crippen LogP contribution is -2.05. The van der Waals surface area contributed by atoms with Crippen LogP contribution in [-0.2, 0) is 6.61 Å². The van der Waals surface area contributed by atoms with E-state index in [4.69, 9.17) is 15.7 Å². The van der Waals surface area contributed by atoms with Crippen molar-refractivity contribution in [2.75, 3.05) is 5.73 Å². The topological polar surface area (TPSA) is 84.8 Å². The van der Waals surface area contributed by atoms with E-state index >= 15 is 0 Å². The summed E-state index contributed by atoms with van der Waals surface area (Å²) in [5, 5.41) is 8.67. The fourth-order valence-electron chi connectivity index (χ4n) is 1.49. The van der Waals surface area contributed by atoms with Gasteiger partial charge in [-0.15, -0.1) is 0 Å². The van der Waals surface area contributed by atoms with Gasteiger partial charge in [-0.3, -0.25) is 0 Å². The van der Waals surface area contributed by atoms with E-state index in [0.29, 0.717) is 23.0 Å². The van der Waals surface area contributed by atoms with E-state index in [2.05, 4.69) is 9.97 Å².